The summed E-state index contributed by atoms with van der Waals surface area (Å²) in [4.78, 5) is 19.1. The normalized spacial score (nSPS) is 21.2. The number of hydrogen-bond acceptors (Lipinski definition) is 6. The molecule has 3 heterocycles. The molecule has 124 valence electrons. The number of methoxy groups -OCH3 is 1. The van der Waals surface area contributed by atoms with Crippen LogP contribution in [0.3, 0.4) is 0 Å². The summed E-state index contributed by atoms with van der Waals surface area (Å²) < 4.78 is 16.3. The molecule has 2 aromatic rings. The first-order valence-corrected chi connectivity index (χ1v) is 7.63. The fourth-order valence-corrected chi connectivity index (χ4v) is 3.13. The second kappa shape index (κ2) is 5.81. The summed E-state index contributed by atoms with van der Waals surface area (Å²) in [5.74, 6) is 2.31. The molecule has 1 aliphatic heterocycles. The van der Waals surface area contributed by atoms with Crippen LogP contribution in [0.4, 0.5) is 0 Å². The molecule has 0 aromatic carbocycles. The van der Waals surface area contributed by atoms with Gasteiger partial charge in [-0.25, -0.2) is 0 Å². The molecule has 3 rings (SSSR count). The number of rotatable bonds is 3. The van der Waals surface area contributed by atoms with Crippen LogP contribution in [0.1, 0.15) is 51.6 Å². The van der Waals surface area contributed by atoms with Gasteiger partial charge >= 0.3 is 0 Å². The minimum atomic E-state index is -0.275. The summed E-state index contributed by atoms with van der Waals surface area (Å²) >= 11 is 0. The average molecular weight is 319 g/mol. The number of carbonyl (C=O) groups is 1. The van der Waals surface area contributed by atoms with Crippen molar-refractivity contribution in [2.75, 3.05) is 13.7 Å². The SMILES string of the molecule is CO[C@@H]1C[C@H](c2nc(C)no2)N(C(=O)c2c(C)oc(C)c2C)C1. The lowest BCUT2D eigenvalue weighted by molar-refractivity contribution is 0.0668. The average Bonchev–Trinajstić information content (AvgIpc) is 3.17. The van der Waals surface area contributed by atoms with Gasteiger partial charge in [0.1, 0.15) is 17.6 Å². The van der Waals surface area contributed by atoms with Crippen molar-refractivity contribution in [3.05, 3.63) is 34.4 Å². The third kappa shape index (κ3) is 2.65. The third-order valence-electron chi connectivity index (χ3n) is 4.46. The third-order valence-corrected chi connectivity index (χ3v) is 4.46. The van der Waals surface area contributed by atoms with E-state index in [0.29, 0.717) is 36.0 Å². The topological polar surface area (TPSA) is 81.6 Å². The first-order valence-electron chi connectivity index (χ1n) is 7.63. The summed E-state index contributed by atoms with van der Waals surface area (Å²) in [5, 5.41) is 3.83. The van der Waals surface area contributed by atoms with Gasteiger partial charge in [0.25, 0.3) is 5.91 Å². The van der Waals surface area contributed by atoms with Crippen LogP contribution in [0.15, 0.2) is 8.94 Å². The van der Waals surface area contributed by atoms with Crippen molar-refractivity contribution in [2.24, 2.45) is 0 Å². The van der Waals surface area contributed by atoms with Gasteiger partial charge in [-0.1, -0.05) is 5.16 Å². The zero-order valence-electron chi connectivity index (χ0n) is 14.0. The number of amides is 1. The fraction of sp³-hybridized carbons (Fsp3) is 0.562. The van der Waals surface area contributed by atoms with Gasteiger partial charge in [-0.15, -0.1) is 0 Å². The monoisotopic (exact) mass is 319 g/mol. The Morgan fingerprint density at radius 1 is 1.26 bits per heavy atom. The standard InChI is InChI=1S/C16H21N3O4/c1-8-9(2)22-10(3)14(8)16(20)19-7-12(21-5)6-13(19)15-17-11(4)18-23-15/h12-13H,6-7H2,1-5H3/t12-,13-/m1/s1. The van der Waals surface area contributed by atoms with Crippen LogP contribution in [0, 0.1) is 27.7 Å². The number of carbonyl (C=O) groups excluding carboxylic acids is 1. The van der Waals surface area contributed by atoms with E-state index in [1.165, 1.54) is 0 Å². The largest absolute Gasteiger partial charge is 0.466 e. The molecule has 1 fully saturated rings. The minimum absolute atomic E-state index is 0.0511. The molecular weight excluding hydrogens is 298 g/mol. The van der Waals surface area contributed by atoms with Crippen LogP contribution in [-0.4, -0.2) is 40.7 Å². The van der Waals surface area contributed by atoms with Gasteiger partial charge in [0, 0.05) is 25.6 Å². The predicted octanol–water partition coefficient (Wildman–Crippen LogP) is 2.50. The Kier molecular flexibility index (Phi) is 3.97. The fourth-order valence-electron chi connectivity index (χ4n) is 3.13. The summed E-state index contributed by atoms with van der Waals surface area (Å²) in [6, 6.07) is -0.275. The Labute approximate surface area is 134 Å². The highest BCUT2D eigenvalue weighted by Gasteiger charge is 2.41. The molecule has 2 atom stereocenters. The number of aryl methyl sites for hydroxylation is 3. The number of aromatic nitrogens is 2. The van der Waals surface area contributed by atoms with Crippen LogP contribution in [0.5, 0.6) is 0 Å². The van der Waals surface area contributed by atoms with E-state index in [-0.39, 0.29) is 18.1 Å². The molecule has 1 amide bonds. The van der Waals surface area contributed by atoms with Gasteiger partial charge in [0.15, 0.2) is 5.82 Å². The molecule has 0 saturated carbocycles. The molecule has 1 aliphatic rings. The molecule has 7 heteroatoms. The van der Waals surface area contributed by atoms with Gasteiger partial charge < -0.3 is 18.6 Å². The zero-order chi connectivity index (χ0) is 16.7. The molecule has 1 saturated heterocycles. The van der Waals surface area contributed by atoms with E-state index in [1.807, 2.05) is 20.8 Å². The first kappa shape index (κ1) is 15.7. The number of hydrogen-bond donors (Lipinski definition) is 0. The quantitative estimate of drug-likeness (QED) is 0.864. The van der Waals surface area contributed by atoms with Crippen molar-refractivity contribution < 1.29 is 18.5 Å². The van der Waals surface area contributed by atoms with Gasteiger partial charge in [-0.2, -0.15) is 4.98 Å². The molecule has 0 spiro atoms. The number of nitrogens with zero attached hydrogens (tertiary/aromatic N) is 3. The summed E-state index contributed by atoms with van der Waals surface area (Å²) in [7, 11) is 1.65. The summed E-state index contributed by atoms with van der Waals surface area (Å²) in [6.45, 7) is 7.82. The van der Waals surface area contributed by atoms with Crippen LogP contribution in [0.25, 0.3) is 0 Å². The van der Waals surface area contributed by atoms with E-state index >= 15 is 0 Å². The Morgan fingerprint density at radius 2 is 2.00 bits per heavy atom. The molecule has 23 heavy (non-hydrogen) atoms. The van der Waals surface area contributed by atoms with Crippen molar-refractivity contribution in [1.29, 1.82) is 0 Å². The Bertz CT molecular complexity index is 734. The number of furan rings is 1. The first-order chi connectivity index (χ1) is 10.9. The second-order valence-electron chi connectivity index (χ2n) is 5.96. The van der Waals surface area contributed by atoms with E-state index in [1.54, 1.807) is 18.9 Å². The van der Waals surface area contributed by atoms with Crippen molar-refractivity contribution >= 4 is 5.91 Å². The molecule has 0 unspecified atom stereocenters. The van der Waals surface area contributed by atoms with Crippen LogP contribution < -0.4 is 0 Å². The van der Waals surface area contributed by atoms with E-state index in [0.717, 1.165) is 11.3 Å². The summed E-state index contributed by atoms with van der Waals surface area (Å²) in [5.41, 5.74) is 1.48. The van der Waals surface area contributed by atoms with E-state index in [9.17, 15) is 4.79 Å². The maximum atomic E-state index is 13.1. The molecular formula is C16H21N3O4. The highest BCUT2D eigenvalue weighted by Crippen LogP contribution is 2.35. The van der Waals surface area contributed by atoms with Crippen molar-refractivity contribution in [2.45, 2.75) is 46.3 Å². The maximum absolute atomic E-state index is 13.1. The molecule has 0 radical (unpaired) electrons. The van der Waals surface area contributed by atoms with Crippen molar-refractivity contribution in [1.82, 2.24) is 15.0 Å². The summed E-state index contributed by atoms with van der Waals surface area (Å²) in [6.07, 6.45) is 0.587. The van der Waals surface area contributed by atoms with Gasteiger partial charge in [0.05, 0.1) is 11.7 Å². The maximum Gasteiger partial charge on any atom is 0.258 e. The lowest BCUT2D eigenvalue weighted by Gasteiger charge is -2.21. The zero-order valence-corrected chi connectivity index (χ0v) is 14.0. The van der Waals surface area contributed by atoms with Crippen molar-refractivity contribution in [3.8, 4) is 0 Å². The highest BCUT2D eigenvalue weighted by atomic mass is 16.5. The number of ether oxygens (including phenoxy) is 1. The van der Waals surface area contributed by atoms with E-state index in [4.69, 9.17) is 13.7 Å². The smallest absolute Gasteiger partial charge is 0.258 e. The highest BCUT2D eigenvalue weighted by molar-refractivity contribution is 5.97. The Hall–Kier alpha value is -2.15. The lowest BCUT2D eigenvalue weighted by Crippen LogP contribution is -2.32. The van der Waals surface area contributed by atoms with Gasteiger partial charge in [-0.05, 0) is 27.7 Å². The van der Waals surface area contributed by atoms with Crippen LogP contribution in [0.2, 0.25) is 0 Å². The van der Waals surface area contributed by atoms with Crippen LogP contribution in [-0.2, 0) is 4.74 Å². The van der Waals surface area contributed by atoms with Crippen LogP contribution >= 0.6 is 0 Å². The van der Waals surface area contributed by atoms with E-state index < -0.39 is 0 Å². The van der Waals surface area contributed by atoms with Crippen molar-refractivity contribution in [3.63, 3.8) is 0 Å². The molecule has 0 bridgehead atoms. The second-order valence-corrected chi connectivity index (χ2v) is 5.96. The van der Waals surface area contributed by atoms with Gasteiger partial charge in [0.2, 0.25) is 5.89 Å². The molecule has 7 nitrogen and oxygen atoms in total. The van der Waals surface area contributed by atoms with Gasteiger partial charge in [-0.3, -0.25) is 4.79 Å². The Balaban J connectivity index is 1.96. The Morgan fingerprint density at radius 3 is 2.52 bits per heavy atom. The minimum Gasteiger partial charge on any atom is -0.466 e. The number of likely N-dealkylation sites (tertiary alicyclic amines) is 1. The molecule has 2 aromatic heterocycles. The molecule has 0 aliphatic carbocycles. The predicted molar refractivity (Wildman–Crippen MR) is 81.1 cm³/mol. The van der Waals surface area contributed by atoms with E-state index in [2.05, 4.69) is 10.1 Å². The lowest BCUT2D eigenvalue weighted by atomic mass is 10.1. The molecule has 0 N–H and O–H groups in total.